The van der Waals surface area contributed by atoms with E-state index in [2.05, 4.69) is 15.4 Å². The first kappa shape index (κ1) is 19.4. The van der Waals surface area contributed by atoms with Crippen molar-refractivity contribution in [2.24, 2.45) is 0 Å². The summed E-state index contributed by atoms with van der Waals surface area (Å²) >= 11 is 0. The zero-order chi connectivity index (χ0) is 19.6. The van der Waals surface area contributed by atoms with Crippen LogP contribution in [0.25, 0.3) is 11.4 Å². The molecule has 2 aromatic rings. The third-order valence-corrected chi connectivity index (χ3v) is 6.52. The normalized spacial score (nSPS) is 19.7. The van der Waals surface area contributed by atoms with Crippen LogP contribution in [0.4, 0.5) is 4.39 Å². The Labute approximate surface area is 157 Å². The average Bonchev–Trinajstić information content (AvgIpc) is 3.21. The molecule has 3 rings (SSSR count). The Balaban J connectivity index is 1.76. The lowest BCUT2D eigenvalue weighted by Gasteiger charge is -2.33. The van der Waals surface area contributed by atoms with Crippen molar-refractivity contribution < 1.29 is 17.6 Å². The van der Waals surface area contributed by atoms with Gasteiger partial charge in [0.25, 0.3) is 0 Å². The second-order valence-corrected chi connectivity index (χ2v) is 9.00. The Hall–Kier alpha value is -2.36. The van der Waals surface area contributed by atoms with Crippen molar-refractivity contribution in [3.8, 4) is 11.4 Å². The predicted octanol–water partition coefficient (Wildman–Crippen LogP) is 1.29. The molecule has 1 aromatic heterocycles. The van der Waals surface area contributed by atoms with E-state index in [4.69, 9.17) is 0 Å². The lowest BCUT2D eigenvalue weighted by molar-refractivity contribution is -0.136. The van der Waals surface area contributed by atoms with E-state index in [0.717, 1.165) is 4.80 Å². The monoisotopic (exact) mass is 395 g/mol. The molecule has 10 heteroatoms. The molecule has 0 unspecified atom stereocenters. The van der Waals surface area contributed by atoms with Crippen LogP contribution in [0.5, 0.6) is 0 Å². The lowest BCUT2D eigenvalue weighted by atomic mass is 10.1. The number of benzene rings is 1. The van der Waals surface area contributed by atoms with Gasteiger partial charge in [-0.25, -0.2) is 12.8 Å². The third kappa shape index (κ3) is 4.49. The molecule has 0 spiro atoms. The van der Waals surface area contributed by atoms with Crippen LogP contribution in [0.2, 0.25) is 0 Å². The Morgan fingerprint density at radius 3 is 2.85 bits per heavy atom. The molecule has 1 aromatic carbocycles. The third-order valence-electron chi connectivity index (χ3n) is 4.77. The van der Waals surface area contributed by atoms with Crippen molar-refractivity contribution in [1.82, 2.24) is 25.1 Å². The fourth-order valence-corrected chi connectivity index (χ4v) is 4.97. The molecule has 0 aliphatic carbocycles. The summed E-state index contributed by atoms with van der Waals surface area (Å²) in [5.41, 5.74) is 0.467. The van der Waals surface area contributed by atoms with Crippen molar-refractivity contribution >= 4 is 15.7 Å². The predicted molar refractivity (Wildman–Crippen MR) is 96.9 cm³/mol. The van der Waals surface area contributed by atoms with Gasteiger partial charge in [-0.2, -0.15) is 4.80 Å². The van der Waals surface area contributed by atoms with E-state index >= 15 is 0 Å². The molecule has 0 N–H and O–H groups in total. The number of amides is 1. The summed E-state index contributed by atoms with van der Waals surface area (Å²) in [4.78, 5) is 15.6. The van der Waals surface area contributed by atoms with Gasteiger partial charge in [-0.15, -0.1) is 10.2 Å². The SMILES string of the molecule is CC[C@H](C)N(C(=O)Cn1nnc(-c2cccc(F)c2)n1)[C@H]1CCS(=O)(=O)C1. The van der Waals surface area contributed by atoms with Gasteiger partial charge in [-0.3, -0.25) is 4.79 Å². The molecule has 0 saturated carbocycles. The number of carbonyl (C=O) groups is 1. The largest absolute Gasteiger partial charge is 0.334 e. The highest BCUT2D eigenvalue weighted by atomic mass is 32.2. The number of hydrogen-bond donors (Lipinski definition) is 0. The molecule has 1 saturated heterocycles. The van der Waals surface area contributed by atoms with E-state index in [-0.39, 0.29) is 41.9 Å². The van der Waals surface area contributed by atoms with Crippen LogP contribution in [0, 0.1) is 5.82 Å². The van der Waals surface area contributed by atoms with Crippen LogP contribution in [-0.2, 0) is 21.2 Å². The van der Waals surface area contributed by atoms with Gasteiger partial charge in [-0.1, -0.05) is 19.1 Å². The van der Waals surface area contributed by atoms with Crippen LogP contribution in [-0.4, -0.2) is 63.0 Å². The zero-order valence-electron chi connectivity index (χ0n) is 15.2. The summed E-state index contributed by atoms with van der Waals surface area (Å²) in [6.45, 7) is 3.70. The molecule has 1 aliphatic rings. The number of hydrogen-bond acceptors (Lipinski definition) is 6. The standard InChI is InChI=1S/C17H22FN5O3S/c1-3-12(2)23(15-7-8-27(25,26)11-15)16(24)10-22-20-17(19-21-22)13-5-4-6-14(18)9-13/h4-6,9,12,15H,3,7-8,10-11H2,1-2H3/t12-,15-/m0/s1. The molecule has 146 valence electrons. The van der Waals surface area contributed by atoms with Crippen molar-refractivity contribution in [2.45, 2.75) is 45.3 Å². The Bertz CT molecular complexity index is 930. The maximum atomic E-state index is 13.3. The van der Waals surface area contributed by atoms with Crippen molar-refractivity contribution in [1.29, 1.82) is 0 Å². The fourth-order valence-electron chi connectivity index (χ4n) is 3.26. The lowest BCUT2D eigenvalue weighted by Crippen LogP contribution is -2.48. The molecule has 1 amide bonds. The second-order valence-electron chi connectivity index (χ2n) is 6.77. The summed E-state index contributed by atoms with van der Waals surface area (Å²) < 4.78 is 37.0. The molecule has 2 heterocycles. The Morgan fingerprint density at radius 2 is 2.22 bits per heavy atom. The highest BCUT2D eigenvalue weighted by Crippen LogP contribution is 2.22. The molecule has 0 radical (unpaired) electrons. The topological polar surface area (TPSA) is 98.1 Å². The highest BCUT2D eigenvalue weighted by molar-refractivity contribution is 7.91. The Kier molecular flexibility index (Phi) is 5.54. The summed E-state index contributed by atoms with van der Waals surface area (Å²) in [5, 5.41) is 11.9. The minimum Gasteiger partial charge on any atom is -0.334 e. The van der Waals surface area contributed by atoms with E-state index in [1.807, 2.05) is 13.8 Å². The van der Waals surface area contributed by atoms with Gasteiger partial charge in [0.1, 0.15) is 12.4 Å². The first-order chi connectivity index (χ1) is 12.8. The molecule has 2 atom stereocenters. The van der Waals surface area contributed by atoms with Gasteiger partial charge in [0.2, 0.25) is 11.7 Å². The number of aromatic nitrogens is 4. The van der Waals surface area contributed by atoms with E-state index in [1.165, 1.54) is 12.1 Å². The van der Waals surface area contributed by atoms with Gasteiger partial charge >= 0.3 is 0 Å². The molecular formula is C17H22FN5O3S. The van der Waals surface area contributed by atoms with E-state index in [1.54, 1.807) is 17.0 Å². The maximum absolute atomic E-state index is 13.3. The van der Waals surface area contributed by atoms with Crippen molar-refractivity contribution in [3.63, 3.8) is 0 Å². The number of nitrogens with zero attached hydrogens (tertiary/aromatic N) is 5. The molecule has 1 fully saturated rings. The number of carbonyl (C=O) groups excluding carboxylic acids is 1. The summed E-state index contributed by atoms with van der Waals surface area (Å²) in [6, 6.07) is 5.38. The maximum Gasteiger partial charge on any atom is 0.246 e. The van der Waals surface area contributed by atoms with Gasteiger partial charge in [0.15, 0.2) is 9.84 Å². The first-order valence-electron chi connectivity index (χ1n) is 8.84. The van der Waals surface area contributed by atoms with Crippen LogP contribution in [0.15, 0.2) is 24.3 Å². The van der Waals surface area contributed by atoms with Crippen molar-refractivity contribution in [3.05, 3.63) is 30.1 Å². The van der Waals surface area contributed by atoms with Gasteiger partial charge in [0, 0.05) is 17.6 Å². The number of rotatable bonds is 6. The first-order valence-corrected chi connectivity index (χ1v) is 10.7. The Morgan fingerprint density at radius 1 is 1.44 bits per heavy atom. The van der Waals surface area contributed by atoms with Gasteiger partial charge in [-0.05, 0) is 37.1 Å². The minimum absolute atomic E-state index is 0.0115. The minimum atomic E-state index is -3.10. The molecule has 8 nitrogen and oxygen atoms in total. The smallest absolute Gasteiger partial charge is 0.246 e. The molecule has 27 heavy (non-hydrogen) atoms. The molecule has 1 aliphatic heterocycles. The van der Waals surface area contributed by atoms with Crippen molar-refractivity contribution in [2.75, 3.05) is 11.5 Å². The summed E-state index contributed by atoms with van der Waals surface area (Å²) in [5.74, 6) is -0.355. The average molecular weight is 395 g/mol. The summed E-state index contributed by atoms with van der Waals surface area (Å²) in [6.07, 6.45) is 1.15. The van der Waals surface area contributed by atoms with E-state index in [0.29, 0.717) is 18.4 Å². The zero-order valence-corrected chi connectivity index (χ0v) is 16.1. The fraction of sp³-hybridized carbons (Fsp3) is 0.529. The van der Waals surface area contributed by atoms with E-state index < -0.39 is 15.7 Å². The number of sulfone groups is 1. The van der Waals surface area contributed by atoms with Crippen LogP contribution in [0.3, 0.4) is 0 Å². The van der Waals surface area contributed by atoms with E-state index in [9.17, 15) is 17.6 Å². The molecule has 0 bridgehead atoms. The van der Waals surface area contributed by atoms with Crippen LogP contribution < -0.4 is 0 Å². The van der Waals surface area contributed by atoms with Crippen LogP contribution in [0.1, 0.15) is 26.7 Å². The second kappa shape index (κ2) is 7.71. The van der Waals surface area contributed by atoms with Crippen LogP contribution >= 0.6 is 0 Å². The number of halogens is 1. The molecular weight excluding hydrogens is 373 g/mol. The van der Waals surface area contributed by atoms with Gasteiger partial charge in [0.05, 0.1) is 11.5 Å². The quantitative estimate of drug-likeness (QED) is 0.731. The number of tetrazole rings is 1. The highest BCUT2D eigenvalue weighted by Gasteiger charge is 2.36. The summed E-state index contributed by atoms with van der Waals surface area (Å²) in [7, 11) is -3.10. The van der Waals surface area contributed by atoms with Gasteiger partial charge < -0.3 is 4.90 Å².